The van der Waals surface area contributed by atoms with E-state index in [4.69, 9.17) is 0 Å². The molecular formula is C15H20BrClF2N2O. The monoisotopic (exact) mass is 396 g/mol. The number of amides is 1. The van der Waals surface area contributed by atoms with Crippen molar-refractivity contribution in [2.45, 2.75) is 37.6 Å². The van der Waals surface area contributed by atoms with Gasteiger partial charge in [0.1, 0.15) is 0 Å². The minimum absolute atomic E-state index is 0. The van der Waals surface area contributed by atoms with Gasteiger partial charge in [-0.15, -0.1) is 12.4 Å². The molecule has 0 radical (unpaired) electrons. The van der Waals surface area contributed by atoms with Crippen LogP contribution in [0.3, 0.4) is 0 Å². The Morgan fingerprint density at radius 2 is 2.00 bits per heavy atom. The number of carbonyl (C=O) groups excluding carboxylic acids is 1. The summed E-state index contributed by atoms with van der Waals surface area (Å²) in [7, 11) is 0. The summed E-state index contributed by atoms with van der Waals surface area (Å²) in [5.74, 6) is -3.15. The molecule has 0 aliphatic carbocycles. The van der Waals surface area contributed by atoms with Crippen LogP contribution in [0.4, 0.5) is 8.78 Å². The van der Waals surface area contributed by atoms with Crippen LogP contribution < -0.4 is 10.6 Å². The maximum Gasteiger partial charge on any atom is 0.262 e. The summed E-state index contributed by atoms with van der Waals surface area (Å²) in [4.78, 5) is 12.0. The summed E-state index contributed by atoms with van der Waals surface area (Å²) in [6.07, 6.45) is -0.433. The molecule has 1 aromatic carbocycles. The Kier molecular flexibility index (Phi) is 6.36. The van der Waals surface area contributed by atoms with Crippen LogP contribution in [-0.4, -0.2) is 31.0 Å². The van der Waals surface area contributed by atoms with Gasteiger partial charge in [-0.3, -0.25) is 10.1 Å². The minimum atomic E-state index is -2.79. The van der Waals surface area contributed by atoms with Gasteiger partial charge < -0.3 is 5.32 Å². The van der Waals surface area contributed by atoms with Crippen LogP contribution in [0.2, 0.25) is 0 Å². The molecule has 1 saturated heterocycles. The van der Waals surface area contributed by atoms with E-state index in [9.17, 15) is 13.6 Å². The molecule has 0 spiro atoms. The molecule has 7 heteroatoms. The molecule has 1 amide bonds. The molecule has 0 aromatic heterocycles. The van der Waals surface area contributed by atoms with Crippen LogP contribution in [0.1, 0.15) is 25.8 Å². The van der Waals surface area contributed by atoms with Gasteiger partial charge in [-0.25, -0.2) is 8.78 Å². The lowest BCUT2D eigenvalue weighted by Crippen LogP contribution is -2.45. The number of halogens is 4. The first-order chi connectivity index (χ1) is 9.70. The summed E-state index contributed by atoms with van der Waals surface area (Å²) in [6, 6.07) is 7.05. The van der Waals surface area contributed by atoms with Crippen molar-refractivity contribution in [1.82, 2.24) is 10.6 Å². The van der Waals surface area contributed by atoms with E-state index < -0.39 is 24.9 Å². The molecule has 1 aromatic rings. The highest BCUT2D eigenvalue weighted by Crippen LogP contribution is 2.26. The summed E-state index contributed by atoms with van der Waals surface area (Å²) >= 11 is 3.38. The number of alkyl halides is 2. The van der Waals surface area contributed by atoms with Gasteiger partial charge in [-0.1, -0.05) is 41.9 Å². The summed E-state index contributed by atoms with van der Waals surface area (Å²) in [5, 5.41) is 5.33. The molecule has 22 heavy (non-hydrogen) atoms. The minimum Gasteiger partial charge on any atom is -0.354 e. The Bertz CT molecular complexity index is 523. The summed E-state index contributed by atoms with van der Waals surface area (Å²) in [5.41, 5.74) is 0.813. The Hall–Kier alpha value is -0.720. The molecule has 1 unspecified atom stereocenters. The molecule has 1 aliphatic heterocycles. The molecule has 2 rings (SSSR count). The lowest BCUT2D eigenvalue weighted by atomic mass is 9.84. The number of rotatable bonds is 4. The van der Waals surface area contributed by atoms with E-state index >= 15 is 0 Å². The SMILES string of the molecule is CC(C)(CNC(=O)C1CC(F)(F)CN1)c1ccc(Br)cc1.Cl. The lowest BCUT2D eigenvalue weighted by molar-refractivity contribution is -0.123. The predicted molar refractivity (Wildman–Crippen MR) is 88.8 cm³/mol. The van der Waals surface area contributed by atoms with Crippen LogP contribution in [0.25, 0.3) is 0 Å². The molecule has 124 valence electrons. The van der Waals surface area contributed by atoms with Gasteiger partial charge in [-0.2, -0.15) is 0 Å². The fraction of sp³-hybridized carbons (Fsp3) is 0.533. The highest BCUT2D eigenvalue weighted by molar-refractivity contribution is 9.10. The van der Waals surface area contributed by atoms with Crippen LogP contribution in [0.15, 0.2) is 28.7 Å². The summed E-state index contributed by atoms with van der Waals surface area (Å²) in [6.45, 7) is 3.98. The van der Waals surface area contributed by atoms with Gasteiger partial charge in [0.15, 0.2) is 0 Å². The smallest absolute Gasteiger partial charge is 0.262 e. The molecule has 0 bridgehead atoms. The molecular weight excluding hydrogens is 378 g/mol. The Morgan fingerprint density at radius 1 is 1.41 bits per heavy atom. The maximum absolute atomic E-state index is 13.1. The second-order valence-electron chi connectivity index (χ2n) is 6.10. The number of hydrogen-bond donors (Lipinski definition) is 2. The third-order valence-corrected chi connectivity index (χ3v) is 4.29. The Labute approximate surface area is 143 Å². The van der Waals surface area contributed by atoms with E-state index in [2.05, 4.69) is 26.6 Å². The first kappa shape index (κ1) is 19.3. The topological polar surface area (TPSA) is 41.1 Å². The fourth-order valence-electron chi connectivity index (χ4n) is 2.34. The molecule has 1 fully saturated rings. The van der Waals surface area contributed by atoms with Crippen molar-refractivity contribution in [3.8, 4) is 0 Å². The molecule has 3 nitrogen and oxygen atoms in total. The second-order valence-corrected chi connectivity index (χ2v) is 7.02. The van der Waals surface area contributed by atoms with Gasteiger partial charge in [0.05, 0.1) is 12.6 Å². The lowest BCUT2D eigenvalue weighted by Gasteiger charge is -2.26. The van der Waals surface area contributed by atoms with E-state index in [1.807, 2.05) is 38.1 Å². The van der Waals surface area contributed by atoms with Crippen LogP contribution in [0, 0.1) is 0 Å². The fourth-order valence-corrected chi connectivity index (χ4v) is 2.60. The molecule has 1 heterocycles. The van der Waals surface area contributed by atoms with E-state index in [0.717, 1.165) is 10.0 Å². The van der Waals surface area contributed by atoms with Crippen molar-refractivity contribution in [3.63, 3.8) is 0 Å². The highest BCUT2D eigenvalue weighted by atomic mass is 79.9. The van der Waals surface area contributed by atoms with E-state index in [0.29, 0.717) is 6.54 Å². The molecule has 2 N–H and O–H groups in total. The first-order valence-electron chi connectivity index (χ1n) is 6.85. The average Bonchev–Trinajstić information content (AvgIpc) is 2.77. The molecule has 0 saturated carbocycles. The highest BCUT2D eigenvalue weighted by Gasteiger charge is 2.42. The normalized spacial score (nSPS) is 20.3. The summed E-state index contributed by atoms with van der Waals surface area (Å²) < 4.78 is 27.2. The maximum atomic E-state index is 13.1. The van der Waals surface area contributed by atoms with E-state index in [-0.39, 0.29) is 23.7 Å². The standard InChI is InChI=1S/C15H19BrF2N2O.ClH/c1-14(2,10-3-5-11(16)6-4-10)8-20-13(21)12-7-15(17,18)9-19-12;/h3-6,12,19H,7-9H2,1-2H3,(H,20,21);1H. The zero-order valence-corrected chi connectivity index (χ0v) is 14.9. The Morgan fingerprint density at radius 3 is 2.50 bits per heavy atom. The van der Waals surface area contributed by atoms with Crippen molar-refractivity contribution in [1.29, 1.82) is 0 Å². The number of nitrogens with one attached hydrogen (secondary N) is 2. The second kappa shape index (κ2) is 7.23. The van der Waals surface area contributed by atoms with Crippen molar-refractivity contribution >= 4 is 34.2 Å². The molecule has 1 aliphatic rings. The average molecular weight is 398 g/mol. The van der Waals surface area contributed by atoms with Gasteiger partial charge in [0, 0.05) is 22.9 Å². The van der Waals surface area contributed by atoms with Crippen LogP contribution in [0.5, 0.6) is 0 Å². The van der Waals surface area contributed by atoms with Gasteiger partial charge in [0.2, 0.25) is 5.91 Å². The van der Waals surface area contributed by atoms with Crippen molar-refractivity contribution in [2.75, 3.05) is 13.1 Å². The number of hydrogen-bond acceptors (Lipinski definition) is 2. The zero-order valence-electron chi connectivity index (χ0n) is 12.5. The van der Waals surface area contributed by atoms with Crippen LogP contribution >= 0.6 is 28.3 Å². The quantitative estimate of drug-likeness (QED) is 0.819. The number of benzene rings is 1. The van der Waals surface area contributed by atoms with Crippen molar-refractivity contribution < 1.29 is 13.6 Å². The van der Waals surface area contributed by atoms with Crippen molar-refractivity contribution in [3.05, 3.63) is 34.3 Å². The van der Waals surface area contributed by atoms with E-state index in [1.54, 1.807) is 0 Å². The zero-order chi connectivity index (χ0) is 15.7. The van der Waals surface area contributed by atoms with Gasteiger partial charge in [0.25, 0.3) is 5.92 Å². The van der Waals surface area contributed by atoms with E-state index in [1.165, 1.54) is 0 Å². The third-order valence-electron chi connectivity index (χ3n) is 3.76. The third kappa shape index (κ3) is 4.89. The van der Waals surface area contributed by atoms with Gasteiger partial charge >= 0.3 is 0 Å². The van der Waals surface area contributed by atoms with Crippen LogP contribution in [-0.2, 0) is 10.2 Å². The number of carbonyl (C=O) groups is 1. The van der Waals surface area contributed by atoms with Crippen molar-refractivity contribution in [2.24, 2.45) is 0 Å². The predicted octanol–water partition coefficient (Wildman–Crippen LogP) is 3.26. The Balaban J connectivity index is 0.00000242. The van der Waals surface area contributed by atoms with Gasteiger partial charge in [-0.05, 0) is 17.7 Å². The first-order valence-corrected chi connectivity index (χ1v) is 7.64. The largest absolute Gasteiger partial charge is 0.354 e. The molecule has 1 atom stereocenters.